The van der Waals surface area contributed by atoms with Crippen LogP contribution in [0.3, 0.4) is 0 Å². The number of carbonyl (C=O) groups is 1. The van der Waals surface area contributed by atoms with E-state index in [1.807, 2.05) is 6.92 Å². The molecule has 70 valence electrons. The summed E-state index contributed by atoms with van der Waals surface area (Å²) >= 11 is 0. The van der Waals surface area contributed by atoms with Gasteiger partial charge in [-0.05, 0) is 12.3 Å². The van der Waals surface area contributed by atoms with Crippen LogP contribution in [-0.4, -0.2) is 18.4 Å². The van der Waals surface area contributed by atoms with E-state index in [2.05, 4.69) is 26.1 Å². The highest BCUT2D eigenvalue weighted by molar-refractivity contribution is 5.82. The zero-order valence-electron chi connectivity index (χ0n) is 8.55. The summed E-state index contributed by atoms with van der Waals surface area (Å²) in [6.45, 7) is 9.76. The molecule has 0 radical (unpaired) electrons. The van der Waals surface area contributed by atoms with Gasteiger partial charge in [0.25, 0.3) is 0 Å². The first kappa shape index (κ1) is 9.72. The summed E-state index contributed by atoms with van der Waals surface area (Å²) in [5.41, 5.74) is 0.284. The van der Waals surface area contributed by atoms with Crippen LogP contribution in [0.15, 0.2) is 0 Å². The molecule has 1 aliphatic heterocycles. The van der Waals surface area contributed by atoms with Gasteiger partial charge in [0.15, 0.2) is 5.78 Å². The topological polar surface area (TPSA) is 33.7 Å². The van der Waals surface area contributed by atoms with E-state index >= 15 is 0 Å². The summed E-state index contributed by atoms with van der Waals surface area (Å²) in [4.78, 5) is 11.4. The lowest BCUT2D eigenvalue weighted by Crippen LogP contribution is -2.94. The molecular formula is C10H20NO+. The van der Waals surface area contributed by atoms with Gasteiger partial charge < -0.3 is 5.32 Å². The Morgan fingerprint density at radius 3 is 2.42 bits per heavy atom. The first-order chi connectivity index (χ1) is 5.41. The molecule has 1 aliphatic rings. The Labute approximate surface area is 74.7 Å². The van der Waals surface area contributed by atoms with Gasteiger partial charge >= 0.3 is 0 Å². The van der Waals surface area contributed by atoms with Gasteiger partial charge in [0.2, 0.25) is 0 Å². The Balaban J connectivity index is 2.57. The lowest BCUT2D eigenvalue weighted by Gasteiger charge is -2.33. The number of piperidine rings is 1. The van der Waals surface area contributed by atoms with Gasteiger partial charge in [-0.15, -0.1) is 0 Å². The number of nitrogens with two attached hydrogens (primary N) is 1. The molecule has 1 saturated heterocycles. The SMILES string of the molecule is C[C@H]1[NH2+]C[C@@H](C(C)(C)C)CC1=O. The minimum atomic E-state index is 0.198. The van der Waals surface area contributed by atoms with E-state index in [1.54, 1.807) is 0 Å². The second kappa shape index (κ2) is 3.17. The summed E-state index contributed by atoms with van der Waals surface area (Å²) in [5, 5.41) is 2.17. The Bertz CT molecular complexity index is 181. The van der Waals surface area contributed by atoms with Crippen LogP contribution in [0.25, 0.3) is 0 Å². The minimum Gasteiger partial charge on any atom is -0.338 e. The van der Waals surface area contributed by atoms with Gasteiger partial charge in [-0.2, -0.15) is 0 Å². The van der Waals surface area contributed by atoms with Crippen molar-refractivity contribution in [2.45, 2.75) is 40.2 Å². The lowest BCUT2D eigenvalue weighted by atomic mass is 9.75. The molecule has 2 nitrogen and oxygen atoms in total. The third-order valence-electron chi connectivity index (χ3n) is 2.95. The maximum Gasteiger partial charge on any atom is 0.190 e. The lowest BCUT2D eigenvalue weighted by molar-refractivity contribution is -0.685. The van der Waals surface area contributed by atoms with Gasteiger partial charge in [0.1, 0.15) is 6.04 Å². The Hall–Kier alpha value is -0.370. The largest absolute Gasteiger partial charge is 0.338 e. The number of ketones is 1. The van der Waals surface area contributed by atoms with Gasteiger partial charge in [0, 0.05) is 12.3 Å². The van der Waals surface area contributed by atoms with Crippen LogP contribution in [0.4, 0.5) is 0 Å². The fraction of sp³-hybridized carbons (Fsp3) is 0.900. The highest BCUT2D eigenvalue weighted by atomic mass is 16.1. The molecule has 1 fully saturated rings. The summed E-state index contributed by atoms with van der Waals surface area (Å²) in [6.07, 6.45) is 0.779. The number of quaternary nitrogens is 1. The summed E-state index contributed by atoms with van der Waals surface area (Å²) in [6, 6.07) is 0.198. The zero-order valence-corrected chi connectivity index (χ0v) is 8.55. The highest BCUT2D eigenvalue weighted by Crippen LogP contribution is 2.28. The van der Waals surface area contributed by atoms with Crippen LogP contribution in [0.2, 0.25) is 0 Å². The first-order valence-corrected chi connectivity index (χ1v) is 4.77. The Kier molecular flexibility index (Phi) is 2.57. The zero-order chi connectivity index (χ0) is 9.35. The van der Waals surface area contributed by atoms with Crippen LogP contribution in [-0.2, 0) is 4.79 Å². The monoisotopic (exact) mass is 170 g/mol. The third kappa shape index (κ3) is 2.07. The third-order valence-corrected chi connectivity index (χ3v) is 2.95. The van der Waals surface area contributed by atoms with E-state index in [0.717, 1.165) is 13.0 Å². The van der Waals surface area contributed by atoms with Crippen molar-refractivity contribution in [2.24, 2.45) is 11.3 Å². The fourth-order valence-electron chi connectivity index (χ4n) is 1.67. The molecule has 0 aromatic heterocycles. The van der Waals surface area contributed by atoms with Crippen molar-refractivity contribution in [1.29, 1.82) is 0 Å². The maximum absolute atomic E-state index is 11.4. The van der Waals surface area contributed by atoms with Crippen molar-refractivity contribution in [3.05, 3.63) is 0 Å². The van der Waals surface area contributed by atoms with Crippen LogP contribution in [0.5, 0.6) is 0 Å². The molecule has 0 bridgehead atoms. The molecule has 0 aromatic carbocycles. The number of rotatable bonds is 0. The van der Waals surface area contributed by atoms with E-state index in [0.29, 0.717) is 11.7 Å². The summed E-state index contributed by atoms with van der Waals surface area (Å²) < 4.78 is 0. The predicted octanol–water partition coefficient (Wildman–Crippen LogP) is 0.573. The van der Waals surface area contributed by atoms with Crippen LogP contribution in [0.1, 0.15) is 34.1 Å². The van der Waals surface area contributed by atoms with E-state index in [1.165, 1.54) is 0 Å². The fourth-order valence-corrected chi connectivity index (χ4v) is 1.67. The van der Waals surface area contributed by atoms with Crippen molar-refractivity contribution in [1.82, 2.24) is 0 Å². The van der Waals surface area contributed by atoms with E-state index in [-0.39, 0.29) is 11.5 Å². The molecule has 1 heterocycles. The molecule has 12 heavy (non-hydrogen) atoms. The maximum atomic E-state index is 11.4. The number of carbonyl (C=O) groups excluding carboxylic acids is 1. The average Bonchev–Trinajstić information content (AvgIpc) is 1.92. The standard InChI is InChI=1S/C10H19NO/c1-7-9(12)5-8(6-11-7)10(2,3)4/h7-8,11H,5-6H2,1-4H3/p+1/t7-,8+/m1/s1. The number of hydrogen-bond acceptors (Lipinski definition) is 1. The van der Waals surface area contributed by atoms with E-state index < -0.39 is 0 Å². The van der Waals surface area contributed by atoms with E-state index in [4.69, 9.17) is 0 Å². The van der Waals surface area contributed by atoms with Crippen molar-refractivity contribution in [3.8, 4) is 0 Å². The molecule has 1 rings (SSSR count). The highest BCUT2D eigenvalue weighted by Gasteiger charge is 2.35. The second-order valence-electron chi connectivity index (χ2n) is 4.99. The molecule has 2 atom stereocenters. The van der Waals surface area contributed by atoms with Crippen molar-refractivity contribution in [3.63, 3.8) is 0 Å². The molecule has 0 aromatic rings. The molecule has 0 saturated carbocycles. The van der Waals surface area contributed by atoms with Crippen molar-refractivity contribution >= 4 is 5.78 Å². The molecule has 2 N–H and O–H groups in total. The molecule has 0 unspecified atom stereocenters. The average molecular weight is 170 g/mol. The normalized spacial score (nSPS) is 32.2. The van der Waals surface area contributed by atoms with Gasteiger partial charge in [-0.3, -0.25) is 4.79 Å². The van der Waals surface area contributed by atoms with Gasteiger partial charge in [-0.25, -0.2) is 0 Å². The first-order valence-electron chi connectivity index (χ1n) is 4.77. The predicted molar refractivity (Wildman–Crippen MR) is 48.8 cm³/mol. The molecule has 0 spiro atoms. The van der Waals surface area contributed by atoms with Crippen LogP contribution < -0.4 is 5.32 Å². The van der Waals surface area contributed by atoms with E-state index in [9.17, 15) is 4.79 Å². The van der Waals surface area contributed by atoms with Crippen molar-refractivity contribution < 1.29 is 10.1 Å². The van der Waals surface area contributed by atoms with Crippen molar-refractivity contribution in [2.75, 3.05) is 6.54 Å². The molecular weight excluding hydrogens is 150 g/mol. The molecule has 0 aliphatic carbocycles. The Morgan fingerprint density at radius 2 is 2.00 bits per heavy atom. The molecule has 0 amide bonds. The minimum absolute atomic E-state index is 0.198. The smallest absolute Gasteiger partial charge is 0.190 e. The van der Waals surface area contributed by atoms with Gasteiger partial charge in [-0.1, -0.05) is 20.8 Å². The molecule has 2 heteroatoms. The summed E-state index contributed by atoms with van der Waals surface area (Å²) in [5.74, 6) is 0.974. The van der Waals surface area contributed by atoms with Gasteiger partial charge in [0.05, 0.1) is 6.54 Å². The second-order valence-corrected chi connectivity index (χ2v) is 4.99. The Morgan fingerprint density at radius 1 is 1.42 bits per heavy atom. The number of hydrogen-bond donors (Lipinski definition) is 1. The summed E-state index contributed by atoms with van der Waals surface area (Å²) in [7, 11) is 0. The van der Waals surface area contributed by atoms with Crippen LogP contribution in [0, 0.1) is 11.3 Å². The number of Topliss-reactive ketones (excluding diaryl/α,β-unsaturated/α-hetero) is 1. The quantitative estimate of drug-likeness (QED) is 0.566. The van der Waals surface area contributed by atoms with Crippen LogP contribution >= 0.6 is 0 Å².